The van der Waals surface area contributed by atoms with Crippen LogP contribution in [0.4, 0.5) is 5.69 Å². The Balaban J connectivity index is 2.07. The molecule has 2 aromatic carbocycles. The van der Waals surface area contributed by atoms with Crippen LogP contribution in [-0.2, 0) is 16.4 Å². The maximum atomic E-state index is 13.6. The molecule has 27 heavy (non-hydrogen) atoms. The Labute approximate surface area is 162 Å². The predicted octanol–water partition coefficient (Wildman–Crippen LogP) is 3.55. The Hall–Kier alpha value is -2.05. The van der Waals surface area contributed by atoms with Crippen molar-refractivity contribution in [1.82, 2.24) is 4.90 Å². The molecule has 0 N–H and O–H groups in total. The highest BCUT2D eigenvalue weighted by molar-refractivity contribution is 7.92. The molecule has 6 heteroatoms. The van der Waals surface area contributed by atoms with Crippen molar-refractivity contribution in [2.24, 2.45) is 0 Å². The van der Waals surface area contributed by atoms with Crippen molar-refractivity contribution in [3.63, 3.8) is 0 Å². The van der Waals surface area contributed by atoms with Gasteiger partial charge in [0.15, 0.2) is 0 Å². The molecule has 0 spiro atoms. The van der Waals surface area contributed by atoms with Gasteiger partial charge in [-0.15, -0.1) is 0 Å². The van der Waals surface area contributed by atoms with E-state index < -0.39 is 10.0 Å². The van der Waals surface area contributed by atoms with Crippen LogP contribution >= 0.6 is 0 Å². The number of aryl methyl sites for hydroxylation is 1. The van der Waals surface area contributed by atoms with Crippen molar-refractivity contribution < 1.29 is 13.2 Å². The number of benzene rings is 2. The zero-order valence-electron chi connectivity index (χ0n) is 16.3. The van der Waals surface area contributed by atoms with E-state index in [0.717, 1.165) is 37.9 Å². The monoisotopic (exact) mass is 388 g/mol. The number of likely N-dealkylation sites (tertiary alicyclic amines) is 1. The molecule has 0 aliphatic carbocycles. The molecule has 0 bridgehead atoms. The number of hydrogen-bond donors (Lipinski definition) is 0. The summed E-state index contributed by atoms with van der Waals surface area (Å²) in [6.07, 6.45) is 2.47. The van der Waals surface area contributed by atoms with Gasteiger partial charge < -0.3 is 9.64 Å². The molecular formula is C21H28N2O3S. The molecule has 1 aliphatic rings. The van der Waals surface area contributed by atoms with E-state index in [1.165, 1.54) is 0 Å². The fourth-order valence-corrected chi connectivity index (χ4v) is 5.29. The summed E-state index contributed by atoms with van der Waals surface area (Å²) in [5.41, 5.74) is 1.73. The molecule has 3 rings (SSSR count). The summed E-state index contributed by atoms with van der Waals surface area (Å²) in [5.74, 6) is 0.574. The van der Waals surface area contributed by atoms with Crippen molar-refractivity contribution in [1.29, 1.82) is 0 Å². The van der Waals surface area contributed by atoms with Crippen LogP contribution in [-0.4, -0.2) is 46.6 Å². The van der Waals surface area contributed by atoms with Gasteiger partial charge in [0.1, 0.15) is 5.75 Å². The van der Waals surface area contributed by atoms with Gasteiger partial charge in [0.25, 0.3) is 10.0 Å². The topological polar surface area (TPSA) is 49.9 Å². The summed E-state index contributed by atoms with van der Waals surface area (Å²) in [6, 6.07) is 14.5. The minimum Gasteiger partial charge on any atom is -0.495 e. The third kappa shape index (κ3) is 4.12. The van der Waals surface area contributed by atoms with Gasteiger partial charge in [0.05, 0.1) is 17.7 Å². The Morgan fingerprint density at radius 2 is 1.70 bits per heavy atom. The SMILES string of the molecule is CCc1ccc(S(=O)(=O)N(c2ccccc2OC)C2CCN(C)CC2)cc1. The van der Waals surface area contributed by atoms with Crippen LogP contribution in [0.2, 0.25) is 0 Å². The molecule has 2 aromatic rings. The maximum Gasteiger partial charge on any atom is 0.264 e. The molecule has 1 fully saturated rings. The molecule has 0 saturated carbocycles. The molecule has 5 nitrogen and oxygen atoms in total. The van der Waals surface area contributed by atoms with Crippen LogP contribution < -0.4 is 9.04 Å². The Morgan fingerprint density at radius 3 is 2.30 bits per heavy atom. The van der Waals surface area contributed by atoms with Crippen molar-refractivity contribution in [3.8, 4) is 5.75 Å². The van der Waals surface area contributed by atoms with Gasteiger partial charge in [-0.2, -0.15) is 0 Å². The molecule has 0 radical (unpaired) electrons. The maximum absolute atomic E-state index is 13.6. The first-order valence-corrected chi connectivity index (χ1v) is 10.9. The Bertz CT molecular complexity index is 857. The molecule has 1 saturated heterocycles. The largest absolute Gasteiger partial charge is 0.495 e. The zero-order valence-corrected chi connectivity index (χ0v) is 17.1. The predicted molar refractivity (Wildman–Crippen MR) is 109 cm³/mol. The third-order valence-corrected chi connectivity index (χ3v) is 7.11. The molecule has 1 aliphatic heterocycles. The summed E-state index contributed by atoms with van der Waals surface area (Å²) in [6.45, 7) is 3.81. The number of ether oxygens (including phenoxy) is 1. The molecule has 1 heterocycles. The number of nitrogens with zero attached hydrogens (tertiary/aromatic N) is 2. The lowest BCUT2D eigenvalue weighted by Crippen LogP contribution is -2.46. The Kier molecular flexibility index (Phi) is 6.07. The highest BCUT2D eigenvalue weighted by Gasteiger charge is 2.35. The quantitative estimate of drug-likeness (QED) is 0.759. The van der Waals surface area contributed by atoms with E-state index in [-0.39, 0.29) is 6.04 Å². The number of anilines is 1. The van der Waals surface area contributed by atoms with Crippen LogP contribution in [0.3, 0.4) is 0 Å². The lowest BCUT2D eigenvalue weighted by atomic mass is 10.1. The minimum atomic E-state index is -3.69. The molecule has 0 unspecified atom stereocenters. The van der Waals surface area contributed by atoms with Gasteiger partial charge in [0, 0.05) is 6.04 Å². The van der Waals surface area contributed by atoms with E-state index in [9.17, 15) is 8.42 Å². The van der Waals surface area contributed by atoms with Crippen molar-refractivity contribution in [3.05, 3.63) is 54.1 Å². The molecule has 0 aromatic heterocycles. The number of rotatable bonds is 6. The standard InChI is InChI=1S/C21H28N2O3S/c1-4-17-9-11-19(12-10-17)27(24,25)23(18-13-15-22(2)16-14-18)20-7-5-6-8-21(20)26-3/h5-12,18H,4,13-16H2,1-3H3. The number of sulfonamides is 1. The second-order valence-electron chi connectivity index (χ2n) is 7.00. The highest BCUT2D eigenvalue weighted by Crippen LogP contribution is 2.36. The van der Waals surface area contributed by atoms with Gasteiger partial charge >= 0.3 is 0 Å². The molecule has 146 valence electrons. The normalized spacial score (nSPS) is 16.3. The number of methoxy groups -OCH3 is 1. The summed E-state index contributed by atoms with van der Waals surface area (Å²) in [5, 5.41) is 0. The van der Waals surface area contributed by atoms with E-state index >= 15 is 0 Å². The third-order valence-electron chi connectivity index (χ3n) is 5.23. The van der Waals surface area contributed by atoms with Gasteiger partial charge in [-0.1, -0.05) is 31.2 Å². The second-order valence-corrected chi connectivity index (χ2v) is 8.82. The smallest absolute Gasteiger partial charge is 0.264 e. The van der Waals surface area contributed by atoms with Gasteiger partial charge in [-0.25, -0.2) is 8.42 Å². The lowest BCUT2D eigenvalue weighted by molar-refractivity contribution is 0.257. The van der Waals surface area contributed by atoms with Gasteiger partial charge in [0.2, 0.25) is 0 Å². The first-order valence-electron chi connectivity index (χ1n) is 9.42. The van der Waals surface area contributed by atoms with E-state index in [0.29, 0.717) is 16.3 Å². The van der Waals surface area contributed by atoms with Crippen LogP contribution in [0.1, 0.15) is 25.3 Å². The number of hydrogen-bond acceptors (Lipinski definition) is 4. The average molecular weight is 389 g/mol. The summed E-state index contributed by atoms with van der Waals surface area (Å²) < 4.78 is 34.3. The van der Waals surface area contributed by atoms with Gasteiger partial charge in [-0.05, 0) is 69.2 Å². The van der Waals surface area contributed by atoms with E-state index in [4.69, 9.17) is 4.74 Å². The Morgan fingerprint density at radius 1 is 1.07 bits per heavy atom. The van der Waals surface area contributed by atoms with Crippen LogP contribution in [0.5, 0.6) is 5.75 Å². The van der Waals surface area contributed by atoms with Crippen LogP contribution in [0, 0.1) is 0 Å². The van der Waals surface area contributed by atoms with E-state index in [2.05, 4.69) is 18.9 Å². The highest BCUT2D eigenvalue weighted by atomic mass is 32.2. The average Bonchev–Trinajstić information content (AvgIpc) is 2.70. The van der Waals surface area contributed by atoms with Crippen LogP contribution in [0.15, 0.2) is 53.4 Å². The lowest BCUT2D eigenvalue weighted by Gasteiger charge is -2.38. The second kappa shape index (κ2) is 8.31. The molecule has 0 amide bonds. The molecular weight excluding hydrogens is 360 g/mol. The van der Waals surface area contributed by atoms with E-state index in [1.54, 1.807) is 23.5 Å². The molecule has 0 atom stereocenters. The first kappa shape index (κ1) is 19.7. The minimum absolute atomic E-state index is 0.0895. The van der Waals surface area contributed by atoms with E-state index in [1.807, 2.05) is 36.4 Å². The zero-order chi connectivity index (χ0) is 19.4. The summed E-state index contributed by atoms with van der Waals surface area (Å²) in [4.78, 5) is 2.56. The number of piperidine rings is 1. The first-order chi connectivity index (χ1) is 13.0. The van der Waals surface area contributed by atoms with Crippen molar-refractivity contribution in [2.75, 3.05) is 31.6 Å². The summed E-state index contributed by atoms with van der Waals surface area (Å²) >= 11 is 0. The van der Waals surface area contributed by atoms with Crippen molar-refractivity contribution >= 4 is 15.7 Å². The van der Waals surface area contributed by atoms with Gasteiger partial charge in [-0.3, -0.25) is 4.31 Å². The number of para-hydroxylation sites is 2. The summed E-state index contributed by atoms with van der Waals surface area (Å²) in [7, 11) is -0.0452. The van der Waals surface area contributed by atoms with Crippen molar-refractivity contribution in [2.45, 2.75) is 37.1 Å². The fourth-order valence-electron chi connectivity index (χ4n) is 3.57. The fraction of sp³-hybridized carbons (Fsp3) is 0.429. The van der Waals surface area contributed by atoms with Crippen LogP contribution in [0.25, 0.3) is 0 Å².